The van der Waals surface area contributed by atoms with Crippen molar-refractivity contribution in [1.29, 1.82) is 0 Å². The molecule has 7 nitrogen and oxygen atoms in total. The topological polar surface area (TPSA) is 107 Å². The van der Waals surface area contributed by atoms with Gasteiger partial charge in [0.25, 0.3) is 10.2 Å². The van der Waals surface area contributed by atoms with Gasteiger partial charge in [-0.3, -0.25) is 4.79 Å². The van der Waals surface area contributed by atoms with Crippen molar-refractivity contribution in [3.8, 4) is 0 Å². The summed E-state index contributed by atoms with van der Waals surface area (Å²) in [5, 5.41) is 17.4. The normalized spacial score (nSPS) is 13.7. The summed E-state index contributed by atoms with van der Waals surface area (Å²) in [5.74, 6) is -0.941. The molecule has 0 bridgehead atoms. The second kappa shape index (κ2) is 9.24. The van der Waals surface area contributed by atoms with Gasteiger partial charge in [-0.2, -0.15) is 12.7 Å². The van der Waals surface area contributed by atoms with Crippen molar-refractivity contribution in [3.05, 3.63) is 0 Å². The van der Waals surface area contributed by atoms with Gasteiger partial charge in [0.05, 0.1) is 6.42 Å². The predicted molar refractivity (Wildman–Crippen MR) is 71.9 cm³/mol. The van der Waals surface area contributed by atoms with Gasteiger partial charge in [-0.15, -0.1) is 0 Å². The summed E-state index contributed by atoms with van der Waals surface area (Å²) in [6, 6.07) is 0. The molecule has 0 aromatic carbocycles. The summed E-state index contributed by atoms with van der Waals surface area (Å²) >= 11 is 0. The predicted octanol–water partition coefficient (Wildman–Crippen LogP) is 0.0260. The van der Waals surface area contributed by atoms with Crippen molar-refractivity contribution in [1.82, 2.24) is 9.03 Å². The van der Waals surface area contributed by atoms with E-state index in [-0.39, 0.29) is 32.0 Å². The van der Waals surface area contributed by atoms with Crippen LogP contribution < -0.4 is 4.72 Å². The molecule has 0 aliphatic carbocycles. The van der Waals surface area contributed by atoms with Gasteiger partial charge in [0, 0.05) is 26.7 Å². The number of nitrogens with one attached hydrogen (secondary N) is 1. The fourth-order valence-corrected chi connectivity index (χ4v) is 2.64. The Bertz CT molecular complexity index is 352. The van der Waals surface area contributed by atoms with Crippen LogP contribution in [-0.2, 0) is 15.0 Å². The molecule has 0 fully saturated rings. The lowest BCUT2D eigenvalue weighted by atomic mass is 10.0. The minimum absolute atomic E-state index is 0.0290. The highest BCUT2D eigenvalue weighted by Gasteiger charge is 2.19. The zero-order valence-electron chi connectivity index (χ0n) is 11.5. The smallest absolute Gasteiger partial charge is 0.304 e. The summed E-state index contributed by atoms with van der Waals surface area (Å²) in [7, 11) is -2.31. The van der Waals surface area contributed by atoms with Crippen LogP contribution in [0.3, 0.4) is 0 Å². The number of carbonyl (C=O) groups is 1. The molecule has 114 valence electrons. The third kappa shape index (κ3) is 8.14. The van der Waals surface area contributed by atoms with Crippen LogP contribution in [0.1, 0.15) is 32.6 Å². The van der Waals surface area contributed by atoms with Gasteiger partial charge < -0.3 is 10.2 Å². The average Bonchev–Trinajstić information content (AvgIpc) is 2.33. The molecule has 0 rings (SSSR count). The number of aliphatic hydroxyl groups is 1. The third-order valence-electron chi connectivity index (χ3n) is 2.84. The first-order valence-electron chi connectivity index (χ1n) is 6.37. The van der Waals surface area contributed by atoms with Gasteiger partial charge in [-0.05, 0) is 18.8 Å². The van der Waals surface area contributed by atoms with E-state index in [1.807, 2.05) is 6.92 Å². The molecule has 19 heavy (non-hydrogen) atoms. The summed E-state index contributed by atoms with van der Waals surface area (Å²) in [6.07, 6.45) is 2.07. The first-order valence-corrected chi connectivity index (χ1v) is 7.81. The quantitative estimate of drug-likeness (QED) is 0.498. The van der Waals surface area contributed by atoms with E-state index in [2.05, 4.69) is 4.72 Å². The van der Waals surface area contributed by atoms with Gasteiger partial charge in [0.2, 0.25) is 0 Å². The Balaban J connectivity index is 4.29. The van der Waals surface area contributed by atoms with E-state index in [4.69, 9.17) is 10.2 Å². The summed E-state index contributed by atoms with van der Waals surface area (Å²) in [4.78, 5) is 10.4. The van der Waals surface area contributed by atoms with Gasteiger partial charge in [-0.1, -0.05) is 13.3 Å². The largest absolute Gasteiger partial charge is 0.481 e. The van der Waals surface area contributed by atoms with E-state index >= 15 is 0 Å². The molecule has 0 aromatic heterocycles. The van der Waals surface area contributed by atoms with Crippen LogP contribution in [0.25, 0.3) is 0 Å². The Morgan fingerprint density at radius 2 is 2.00 bits per heavy atom. The van der Waals surface area contributed by atoms with Crippen molar-refractivity contribution in [2.24, 2.45) is 5.92 Å². The maximum Gasteiger partial charge on any atom is 0.304 e. The molecule has 0 aliphatic rings. The number of rotatable bonds is 11. The Labute approximate surface area is 114 Å². The van der Waals surface area contributed by atoms with Gasteiger partial charge in [0.1, 0.15) is 0 Å². The molecular formula is C11H24N2O5S. The molecule has 0 saturated carbocycles. The maximum atomic E-state index is 11.8. The average molecular weight is 296 g/mol. The fraction of sp³-hybridized carbons (Fsp3) is 0.909. The molecule has 1 unspecified atom stereocenters. The van der Waals surface area contributed by atoms with Gasteiger partial charge >= 0.3 is 5.97 Å². The van der Waals surface area contributed by atoms with Crippen molar-refractivity contribution >= 4 is 16.2 Å². The van der Waals surface area contributed by atoms with E-state index in [0.29, 0.717) is 6.42 Å². The molecule has 0 heterocycles. The van der Waals surface area contributed by atoms with Crippen molar-refractivity contribution in [2.75, 3.05) is 26.7 Å². The van der Waals surface area contributed by atoms with E-state index in [1.54, 1.807) is 0 Å². The van der Waals surface area contributed by atoms with Crippen molar-refractivity contribution in [3.63, 3.8) is 0 Å². The molecule has 0 aromatic rings. The van der Waals surface area contributed by atoms with E-state index in [1.165, 1.54) is 7.05 Å². The van der Waals surface area contributed by atoms with E-state index in [0.717, 1.165) is 17.1 Å². The number of carboxylic acids is 1. The molecule has 0 saturated heterocycles. The monoisotopic (exact) mass is 296 g/mol. The Morgan fingerprint density at radius 1 is 1.37 bits per heavy atom. The standard InChI is InChI=1S/C11H24N2O5S/c1-3-4-10(6-8-14)9-12-19(17,18)13(2)7-5-11(15)16/h10,12,14H,3-9H2,1-2H3,(H,15,16). The number of carboxylic acid groups (broad SMARTS) is 1. The van der Waals surface area contributed by atoms with E-state index in [9.17, 15) is 13.2 Å². The summed E-state index contributed by atoms with van der Waals surface area (Å²) < 4.78 is 27.1. The molecular weight excluding hydrogens is 272 g/mol. The molecule has 3 N–H and O–H groups in total. The highest BCUT2D eigenvalue weighted by Crippen LogP contribution is 2.10. The lowest BCUT2D eigenvalue weighted by Crippen LogP contribution is -2.41. The molecule has 1 atom stereocenters. The van der Waals surface area contributed by atoms with Crippen LogP contribution in [0.4, 0.5) is 0 Å². The number of nitrogens with zero attached hydrogens (tertiary/aromatic N) is 1. The Hall–Kier alpha value is -0.700. The van der Waals surface area contributed by atoms with Gasteiger partial charge in [0.15, 0.2) is 0 Å². The van der Waals surface area contributed by atoms with Crippen LogP contribution in [-0.4, -0.2) is 55.6 Å². The molecule has 0 aliphatic heterocycles. The Kier molecular flexibility index (Phi) is 8.90. The highest BCUT2D eigenvalue weighted by molar-refractivity contribution is 7.87. The Morgan fingerprint density at radius 3 is 2.47 bits per heavy atom. The number of hydrogen-bond donors (Lipinski definition) is 3. The molecule has 0 spiro atoms. The third-order valence-corrected chi connectivity index (χ3v) is 4.37. The fourth-order valence-electron chi connectivity index (χ4n) is 1.65. The SMILES string of the molecule is CCCC(CCO)CNS(=O)(=O)N(C)CCC(=O)O. The number of aliphatic hydroxyl groups excluding tert-OH is 1. The lowest BCUT2D eigenvalue weighted by molar-refractivity contribution is -0.137. The van der Waals surface area contributed by atoms with Crippen LogP contribution >= 0.6 is 0 Å². The zero-order chi connectivity index (χ0) is 14.9. The minimum Gasteiger partial charge on any atom is -0.481 e. The summed E-state index contributed by atoms with van der Waals surface area (Å²) in [5.41, 5.74) is 0. The maximum absolute atomic E-state index is 11.8. The molecule has 0 amide bonds. The first-order chi connectivity index (χ1) is 8.83. The number of hydrogen-bond acceptors (Lipinski definition) is 4. The zero-order valence-corrected chi connectivity index (χ0v) is 12.3. The first kappa shape index (κ1) is 18.3. The van der Waals surface area contributed by atoms with Gasteiger partial charge in [-0.25, -0.2) is 4.72 Å². The second-order valence-electron chi connectivity index (χ2n) is 4.49. The molecule has 8 heteroatoms. The highest BCUT2D eigenvalue weighted by atomic mass is 32.2. The molecule has 0 radical (unpaired) electrons. The van der Waals surface area contributed by atoms with Crippen LogP contribution in [0.15, 0.2) is 0 Å². The van der Waals surface area contributed by atoms with Crippen LogP contribution in [0.5, 0.6) is 0 Å². The van der Waals surface area contributed by atoms with Crippen LogP contribution in [0, 0.1) is 5.92 Å². The second-order valence-corrected chi connectivity index (χ2v) is 6.35. The lowest BCUT2D eigenvalue weighted by Gasteiger charge is -2.20. The van der Waals surface area contributed by atoms with Crippen molar-refractivity contribution in [2.45, 2.75) is 32.6 Å². The van der Waals surface area contributed by atoms with Crippen molar-refractivity contribution < 1.29 is 23.4 Å². The minimum atomic E-state index is -3.65. The van der Waals surface area contributed by atoms with E-state index < -0.39 is 16.2 Å². The van der Waals surface area contributed by atoms with Crippen LogP contribution in [0.2, 0.25) is 0 Å². The number of aliphatic carboxylic acids is 1. The summed E-state index contributed by atoms with van der Waals surface area (Å²) in [6.45, 7) is 2.22.